The summed E-state index contributed by atoms with van der Waals surface area (Å²) in [6.45, 7) is 1.32. The fraction of sp³-hybridized carbons (Fsp3) is 0.455. The van der Waals surface area contributed by atoms with Crippen molar-refractivity contribution >= 4 is 11.7 Å². The lowest BCUT2D eigenvalue weighted by molar-refractivity contribution is 0.201. The van der Waals surface area contributed by atoms with Crippen LogP contribution in [0.4, 0.5) is 4.79 Å². The average Bonchev–Trinajstić information content (AvgIpc) is 2.91. The van der Waals surface area contributed by atoms with Crippen molar-refractivity contribution in [2.45, 2.75) is 12.6 Å². The Bertz CT molecular complexity index is 493. The number of nitrogens with zero attached hydrogens (tertiary/aromatic N) is 4. The molecular weight excluding hydrogens is 220 g/mol. The monoisotopic (exact) mass is 234 g/mol. The molecule has 17 heavy (non-hydrogen) atoms. The number of likely N-dealkylation sites (N-methyl/N-ethyl adjacent to an activating group) is 1. The second-order valence-electron chi connectivity index (χ2n) is 4.45. The number of fused-ring (bicyclic) bond motifs is 2. The molecule has 1 saturated heterocycles. The lowest BCUT2D eigenvalue weighted by Gasteiger charge is -2.21. The summed E-state index contributed by atoms with van der Waals surface area (Å²) in [5.41, 5.74) is 1.76. The smallest absolute Gasteiger partial charge is 0.320 e. The maximum Gasteiger partial charge on any atom is 0.320 e. The average molecular weight is 234 g/mol. The molecule has 3 rings (SSSR count). The van der Waals surface area contributed by atoms with E-state index in [2.05, 4.69) is 11.2 Å². The van der Waals surface area contributed by atoms with Crippen LogP contribution in [-0.2, 0) is 6.61 Å². The van der Waals surface area contributed by atoms with Crippen LogP contribution < -0.4 is 0 Å². The molecule has 1 atom stereocenters. The molecule has 1 N–H and O–H groups in total. The van der Waals surface area contributed by atoms with Crippen molar-refractivity contribution in [3.05, 3.63) is 24.0 Å². The highest BCUT2D eigenvalue weighted by atomic mass is 16.3. The number of rotatable bonds is 2. The van der Waals surface area contributed by atoms with E-state index in [0.717, 1.165) is 17.8 Å². The third-order valence-corrected chi connectivity index (χ3v) is 3.33. The lowest BCUT2D eigenvalue weighted by Crippen LogP contribution is -2.31. The van der Waals surface area contributed by atoms with Gasteiger partial charge in [-0.15, -0.1) is 0 Å². The quantitative estimate of drug-likeness (QED) is 0.781. The van der Waals surface area contributed by atoms with Gasteiger partial charge in [0.05, 0.1) is 31.1 Å². The van der Waals surface area contributed by atoms with Crippen molar-refractivity contribution in [2.24, 2.45) is 0 Å². The Labute approximate surface area is 98.7 Å². The van der Waals surface area contributed by atoms with E-state index < -0.39 is 0 Å². The van der Waals surface area contributed by atoms with Gasteiger partial charge in [0.1, 0.15) is 0 Å². The predicted octanol–water partition coefficient (Wildman–Crippen LogP) is -0.0341. The van der Waals surface area contributed by atoms with Crippen LogP contribution in [0.15, 0.2) is 18.5 Å². The third kappa shape index (κ3) is 1.52. The molecule has 0 aliphatic carbocycles. The number of aromatic nitrogens is 2. The number of amides is 2. The molecule has 3 heterocycles. The minimum absolute atomic E-state index is 0.0146. The van der Waals surface area contributed by atoms with E-state index in [1.165, 1.54) is 0 Å². The Morgan fingerprint density at radius 1 is 1.59 bits per heavy atom. The molecule has 0 saturated carbocycles. The van der Waals surface area contributed by atoms with Gasteiger partial charge in [0.25, 0.3) is 0 Å². The van der Waals surface area contributed by atoms with Crippen molar-refractivity contribution in [3.63, 3.8) is 0 Å². The number of aliphatic hydroxyl groups is 1. The molecule has 2 aliphatic heterocycles. The minimum Gasteiger partial charge on any atom is -0.392 e. The summed E-state index contributed by atoms with van der Waals surface area (Å²) in [7, 11) is 1.81. The number of aliphatic hydroxyl groups excluding tert-OH is 1. The largest absolute Gasteiger partial charge is 0.392 e. The molecule has 1 unspecified atom stereocenters. The summed E-state index contributed by atoms with van der Waals surface area (Å²) in [6, 6.07) is 0.198. The fourth-order valence-corrected chi connectivity index (χ4v) is 2.31. The van der Waals surface area contributed by atoms with Crippen molar-refractivity contribution < 1.29 is 9.90 Å². The molecule has 0 radical (unpaired) electrons. The number of carbonyl (C=O) groups excluding carboxylic acids is 1. The molecule has 2 amide bonds. The maximum atomic E-state index is 11.8. The molecule has 1 fully saturated rings. The van der Waals surface area contributed by atoms with E-state index in [1.807, 2.05) is 7.05 Å². The maximum absolute atomic E-state index is 11.8. The van der Waals surface area contributed by atoms with Gasteiger partial charge in [-0.1, -0.05) is 0 Å². The van der Waals surface area contributed by atoms with Gasteiger partial charge in [-0.2, -0.15) is 5.10 Å². The summed E-state index contributed by atoms with van der Waals surface area (Å²) in [5, 5.41) is 13.2. The predicted molar refractivity (Wildman–Crippen MR) is 60.9 cm³/mol. The Balaban J connectivity index is 1.91. The zero-order valence-electron chi connectivity index (χ0n) is 9.58. The first-order chi connectivity index (χ1) is 8.19. The van der Waals surface area contributed by atoms with Crippen LogP contribution in [-0.4, -0.2) is 56.9 Å². The summed E-state index contributed by atoms with van der Waals surface area (Å²) in [4.78, 5) is 15.3. The molecule has 90 valence electrons. The van der Waals surface area contributed by atoms with Gasteiger partial charge in [0, 0.05) is 25.4 Å². The number of hydrogen-bond acceptors (Lipinski definition) is 3. The Morgan fingerprint density at radius 3 is 3.06 bits per heavy atom. The number of urea groups is 1. The Kier molecular flexibility index (Phi) is 2.19. The molecule has 0 spiro atoms. The van der Waals surface area contributed by atoms with Crippen LogP contribution >= 0.6 is 0 Å². The number of hydrogen-bond donors (Lipinski definition) is 1. The molecular formula is C11H14N4O2. The zero-order chi connectivity index (χ0) is 12.0. The topological polar surface area (TPSA) is 61.6 Å². The van der Waals surface area contributed by atoms with Gasteiger partial charge < -0.3 is 14.9 Å². The van der Waals surface area contributed by atoms with Crippen molar-refractivity contribution in [1.82, 2.24) is 19.6 Å². The van der Waals surface area contributed by atoms with Gasteiger partial charge in [-0.3, -0.25) is 0 Å². The lowest BCUT2D eigenvalue weighted by atomic mass is 10.2. The van der Waals surface area contributed by atoms with Gasteiger partial charge in [-0.25, -0.2) is 9.48 Å². The highest BCUT2D eigenvalue weighted by Gasteiger charge is 2.37. The first-order valence-electron chi connectivity index (χ1n) is 5.56. The normalized spacial score (nSPS) is 23.3. The Hall–Kier alpha value is -1.82. The van der Waals surface area contributed by atoms with Gasteiger partial charge in [0.15, 0.2) is 0 Å². The molecule has 1 aromatic heterocycles. The molecule has 6 heteroatoms. The van der Waals surface area contributed by atoms with E-state index in [0.29, 0.717) is 6.54 Å². The summed E-state index contributed by atoms with van der Waals surface area (Å²) >= 11 is 0. The van der Waals surface area contributed by atoms with E-state index in [4.69, 9.17) is 5.11 Å². The van der Waals surface area contributed by atoms with Crippen molar-refractivity contribution in [3.8, 4) is 0 Å². The molecule has 2 aliphatic rings. The van der Waals surface area contributed by atoms with Crippen LogP contribution in [0.25, 0.3) is 5.70 Å². The van der Waals surface area contributed by atoms with Crippen molar-refractivity contribution in [1.29, 1.82) is 0 Å². The standard InChI is InChI=1S/C11H14N4O2/c1-13-9-2-10(6-14(5-9)11(13)17)15-4-8(7-16)3-12-15/h2-4,9,16H,5-7H2,1H3. The van der Waals surface area contributed by atoms with Crippen LogP contribution in [0.5, 0.6) is 0 Å². The van der Waals surface area contributed by atoms with E-state index in [1.54, 1.807) is 26.9 Å². The SMILES string of the molecule is CN1C(=O)N2CC(n3cc(CO)cn3)=CC1C2. The van der Waals surface area contributed by atoms with E-state index in [-0.39, 0.29) is 18.7 Å². The van der Waals surface area contributed by atoms with Gasteiger partial charge >= 0.3 is 6.03 Å². The molecule has 1 aromatic rings. The summed E-state index contributed by atoms with van der Waals surface area (Å²) in [6.07, 6.45) is 5.50. The van der Waals surface area contributed by atoms with Gasteiger partial charge in [-0.05, 0) is 6.08 Å². The second-order valence-corrected chi connectivity index (χ2v) is 4.45. The van der Waals surface area contributed by atoms with Crippen molar-refractivity contribution in [2.75, 3.05) is 20.1 Å². The van der Waals surface area contributed by atoms with Crippen LogP contribution in [0.1, 0.15) is 5.56 Å². The first-order valence-corrected chi connectivity index (χ1v) is 5.56. The second kappa shape index (κ2) is 3.59. The highest BCUT2D eigenvalue weighted by Crippen LogP contribution is 2.24. The highest BCUT2D eigenvalue weighted by molar-refractivity contribution is 5.80. The van der Waals surface area contributed by atoms with Crippen LogP contribution in [0.2, 0.25) is 0 Å². The van der Waals surface area contributed by atoms with Crippen LogP contribution in [0, 0.1) is 0 Å². The van der Waals surface area contributed by atoms with E-state index >= 15 is 0 Å². The zero-order valence-corrected chi connectivity index (χ0v) is 9.58. The fourth-order valence-electron chi connectivity index (χ4n) is 2.31. The Morgan fingerprint density at radius 2 is 2.41 bits per heavy atom. The molecule has 2 bridgehead atoms. The third-order valence-electron chi connectivity index (χ3n) is 3.33. The summed E-state index contributed by atoms with van der Waals surface area (Å²) in [5.74, 6) is 0. The van der Waals surface area contributed by atoms with E-state index in [9.17, 15) is 4.79 Å². The van der Waals surface area contributed by atoms with Crippen LogP contribution in [0.3, 0.4) is 0 Å². The molecule has 0 aromatic carbocycles. The minimum atomic E-state index is -0.0146. The first kappa shape index (κ1) is 10.3. The van der Waals surface area contributed by atoms with Gasteiger partial charge in [0.2, 0.25) is 0 Å². The number of carbonyl (C=O) groups is 1. The molecule has 6 nitrogen and oxygen atoms in total. The summed E-state index contributed by atoms with van der Waals surface area (Å²) < 4.78 is 1.73.